The normalized spacial score (nSPS) is 9.71. The number of methoxy groups -OCH3 is 1. The number of carbonyl (C=O) groups is 1. The van der Waals surface area contributed by atoms with E-state index in [1.165, 1.54) is 25.3 Å². The van der Waals surface area contributed by atoms with Crippen LogP contribution in [-0.2, 0) is 9.63 Å². The molecule has 0 amide bonds. The van der Waals surface area contributed by atoms with E-state index < -0.39 is 17.5 Å². The molecular formula is C9H10N2O6. The summed E-state index contributed by atoms with van der Waals surface area (Å²) in [7, 11) is 1.41. The van der Waals surface area contributed by atoms with Gasteiger partial charge < -0.3 is 9.84 Å². The number of anilines is 1. The number of aliphatic carboxylic acids is 1. The Kier molecular flexibility index (Phi) is 4.23. The van der Waals surface area contributed by atoms with Crippen LogP contribution in [0.1, 0.15) is 0 Å². The molecule has 0 bridgehead atoms. The fraction of sp³-hybridized carbons (Fsp3) is 0.222. The molecule has 8 nitrogen and oxygen atoms in total. The maximum Gasteiger partial charge on any atom is 0.332 e. The van der Waals surface area contributed by atoms with Crippen molar-refractivity contribution < 1.29 is 24.4 Å². The molecule has 0 radical (unpaired) electrons. The molecule has 0 atom stereocenters. The van der Waals surface area contributed by atoms with E-state index in [1.807, 2.05) is 0 Å². The Balaban J connectivity index is 2.85. The third-order valence-electron chi connectivity index (χ3n) is 1.78. The topological polar surface area (TPSA) is 111 Å². The summed E-state index contributed by atoms with van der Waals surface area (Å²) in [5.74, 6) is -0.805. The van der Waals surface area contributed by atoms with E-state index in [1.54, 1.807) is 0 Å². The van der Waals surface area contributed by atoms with Gasteiger partial charge in [0.1, 0.15) is 11.4 Å². The van der Waals surface area contributed by atoms with Gasteiger partial charge in [-0.1, -0.05) is 0 Å². The molecule has 2 N–H and O–H groups in total. The van der Waals surface area contributed by atoms with Gasteiger partial charge in [-0.2, -0.15) is 0 Å². The quantitative estimate of drug-likeness (QED) is 0.566. The summed E-state index contributed by atoms with van der Waals surface area (Å²) in [4.78, 5) is 24.8. The van der Waals surface area contributed by atoms with Gasteiger partial charge in [0.2, 0.25) is 0 Å². The summed E-state index contributed by atoms with van der Waals surface area (Å²) in [5, 5.41) is 19.0. The molecule has 0 heterocycles. The lowest BCUT2D eigenvalue weighted by molar-refractivity contribution is -0.384. The summed E-state index contributed by atoms with van der Waals surface area (Å²) >= 11 is 0. The fourth-order valence-electron chi connectivity index (χ4n) is 1.06. The van der Waals surface area contributed by atoms with Gasteiger partial charge in [0.05, 0.1) is 12.0 Å². The van der Waals surface area contributed by atoms with Gasteiger partial charge in [-0.25, -0.2) is 4.79 Å². The average molecular weight is 242 g/mol. The number of nitrogens with one attached hydrogen (secondary N) is 1. The zero-order valence-electron chi connectivity index (χ0n) is 8.87. The van der Waals surface area contributed by atoms with E-state index in [2.05, 4.69) is 10.3 Å². The molecule has 92 valence electrons. The number of benzene rings is 1. The number of hydrogen-bond donors (Lipinski definition) is 2. The number of carboxylic acid groups (broad SMARTS) is 1. The van der Waals surface area contributed by atoms with Gasteiger partial charge in [-0.3, -0.25) is 20.4 Å². The highest BCUT2D eigenvalue weighted by atomic mass is 16.7. The molecular weight excluding hydrogens is 232 g/mol. The van der Waals surface area contributed by atoms with Crippen LogP contribution in [0.5, 0.6) is 5.75 Å². The monoisotopic (exact) mass is 242 g/mol. The summed E-state index contributed by atoms with van der Waals surface area (Å²) in [6.45, 7) is -0.617. The largest absolute Gasteiger partial charge is 0.497 e. The Bertz CT molecular complexity index is 433. The maximum atomic E-state index is 10.7. The van der Waals surface area contributed by atoms with E-state index in [4.69, 9.17) is 9.84 Å². The minimum Gasteiger partial charge on any atom is -0.497 e. The van der Waals surface area contributed by atoms with Gasteiger partial charge >= 0.3 is 5.97 Å². The summed E-state index contributed by atoms with van der Waals surface area (Å²) in [5.41, 5.74) is 1.98. The second-order valence-electron chi connectivity index (χ2n) is 2.92. The summed E-state index contributed by atoms with van der Waals surface area (Å²) in [6.07, 6.45) is 0. The number of nitro benzene ring substituents is 1. The Labute approximate surface area is 95.9 Å². The van der Waals surface area contributed by atoms with Crippen molar-refractivity contribution in [1.29, 1.82) is 0 Å². The second-order valence-corrected chi connectivity index (χ2v) is 2.92. The molecule has 1 rings (SSSR count). The number of carboxylic acids is 1. The highest BCUT2D eigenvalue weighted by molar-refractivity contribution is 5.68. The first-order valence-electron chi connectivity index (χ1n) is 4.46. The Hall–Kier alpha value is -2.35. The van der Waals surface area contributed by atoms with Crippen LogP contribution in [0.2, 0.25) is 0 Å². The Morgan fingerprint density at radius 2 is 2.29 bits per heavy atom. The van der Waals surface area contributed by atoms with Crippen molar-refractivity contribution in [3.05, 3.63) is 28.3 Å². The smallest absolute Gasteiger partial charge is 0.332 e. The van der Waals surface area contributed by atoms with Crippen LogP contribution in [0.25, 0.3) is 0 Å². The number of ether oxygens (including phenoxy) is 1. The highest BCUT2D eigenvalue weighted by Gasteiger charge is 2.14. The summed E-state index contributed by atoms with van der Waals surface area (Å²) in [6, 6.07) is 3.98. The standard InChI is InChI=1S/C9H10N2O6/c1-16-6-2-3-8(11(14)15)7(4-6)10-17-5-9(12)13/h2-4,10H,5H2,1H3,(H,12,13). The van der Waals surface area contributed by atoms with E-state index in [0.717, 1.165) is 0 Å². The average Bonchev–Trinajstić information content (AvgIpc) is 2.28. The van der Waals surface area contributed by atoms with Gasteiger partial charge in [-0.15, -0.1) is 0 Å². The lowest BCUT2D eigenvalue weighted by Gasteiger charge is -2.07. The van der Waals surface area contributed by atoms with Crippen LogP contribution in [0, 0.1) is 10.1 Å². The zero-order valence-corrected chi connectivity index (χ0v) is 8.87. The van der Waals surface area contributed by atoms with Crippen molar-refractivity contribution in [1.82, 2.24) is 0 Å². The van der Waals surface area contributed by atoms with Crippen molar-refractivity contribution in [2.75, 3.05) is 19.2 Å². The van der Waals surface area contributed by atoms with Gasteiger partial charge in [0, 0.05) is 12.1 Å². The lowest BCUT2D eigenvalue weighted by Crippen LogP contribution is -2.12. The second kappa shape index (κ2) is 5.66. The molecule has 8 heteroatoms. The maximum absolute atomic E-state index is 10.7. The van der Waals surface area contributed by atoms with E-state index >= 15 is 0 Å². The predicted octanol–water partition coefficient (Wildman–Crippen LogP) is 1.03. The highest BCUT2D eigenvalue weighted by Crippen LogP contribution is 2.28. The molecule has 0 saturated carbocycles. The molecule has 1 aromatic carbocycles. The third kappa shape index (κ3) is 3.61. The molecule has 17 heavy (non-hydrogen) atoms. The van der Waals surface area contributed by atoms with Crippen LogP contribution in [0.4, 0.5) is 11.4 Å². The molecule has 0 aliphatic rings. The molecule has 0 aliphatic heterocycles. The molecule has 0 unspecified atom stereocenters. The Morgan fingerprint density at radius 3 is 2.82 bits per heavy atom. The van der Waals surface area contributed by atoms with Crippen molar-refractivity contribution in [2.45, 2.75) is 0 Å². The number of nitro groups is 1. The van der Waals surface area contributed by atoms with Gasteiger partial charge in [-0.05, 0) is 6.07 Å². The fourth-order valence-corrected chi connectivity index (χ4v) is 1.06. The first-order chi connectivity index (χ1) is 8.04. The van der Waals surface area contributed by atoms with Crippen LogP contribution < -0.4 is 10.2 Å². The van der Waals surface area contributed by atoms with E-state index in [0.29, 0.717) is 5.75 Å². The van der Waals surface area contributed by atoms with Gasteiger partial charge in [0.25, 0.3) is 5.69 Å². The van der Waals surface area contributed by atoms with Crippen LogP contribution >= 0.6 is 0 Å². The predicted molar refractivity (Wildman–Crippen MR) is 56.9 cm³/mol. The third-order valence-corrected chi connectivity index (χ3v) is 1.78. The van der Waals surface area contributed by atoms with Crippen LogP contribution in [0.3, 0.4) is 0 Å². The minimum atomic E-state index is -1.19. The molecule has 1 aromatic rings. The van der Waals surface area contributed by atoms with E-state index in [9.17, 15) is 14.9 Å². The van der Waals surface area contributed by atoms with Crippen molar-refractivity contribution in [2.24, 2.45) is 0 Å². The van der Waals surface area contributed by atoms with Crippen molar-refractivity contribution >= 4 is 17.3 Å². The molecule has 0 aromatic heterocycles. The zero-order chi connectivity index (χ0) is 12.8. The first kappa shape index (κ1) is 12.7. The molecule has 0 aliphatic carbocycles. The summed E-state index contributed by atoms with van der Waals surface area (Å²) < 4.78 is 4.88. The number of hydrogen-bond acceptors (Lipinski definition) is 6. The minimum absolute atomic E-state index is 0.0237. The van der Waals surface area contributed by atoms with E-state index in [-0.39, 0.29) is 11.4 Å². The number of rotatable bonds is 6. The van der Waals surface area contributed by atoms with Crippen molar-refractivity contribution in [3.63, 3.8) is 0 Å². The first-order valence-corrected chi connectivity index (χ1v) is 4.46. The SMILES string of the molecule is COc1ccc([N+](=O)[O-])c(NOCC(=O)O)c1. The number of nitrogens with zero attached hydrogens (tertiary/aromatic N) is 1. The van der Waals surface area contributed by atoms with Crippen LogP contribution in [0.15, 0.2) is 18.2 Å². The molecule has 0 spiro atoms. The van der Waals surface area contributed by atoms with Crippen molar-refractivity contribution in [3.8, 4) is 5.75 Å². The lowest BCUT2D eigenvalue weighted by atomic mass is 10.2. The van der Waals surface area contributed by atoms with Crippen LogP contribution in [-0.4, -0.2) is 29.7 Å². The van der Waals surface area contributed by atoms with Gasteiger partial charge in [0.15, 0.2) is 6.61 Å². The Morgan fingerprint density at radius 1 is 1.59 bits per heavy atom. The molecule has 0 fully saturated rings. The molecule has 0 saturated heterocycles.